The summed E-state index contributed by atoms with van der Waals surface area (Å²) in [7, 11) is 1.61. The molecule has 6 nitrogen and oxygen atoms in total. The molecule has 0 radical (unpaired) electrons. The number of nitrogens with zero attached hydrogens (tertiary/aromatic N) is 2. The fourth-order valence-electron chi connectivity index (χ4n) is 1.54. The summed E-state index contributed by atoms with van der Waals surface area (Å²) in [6.45, 7) is 0. The Labute approximate surface area is 112 Å². The van der Waals surface area contributed by atoms with Crippen LogP contribution in [-0.4, -0.2) is 17.0 Å². The number of hydrogen-bond acceptors (Lipinski definition) is 5. The fraction of sp³-hybridized carbons (Fsp3) is 0.0833. The number of nitrogens with one attached hydrogen (secondary N) is 2. The molecule has 0 unspecified atom stereocenters. The Kier molecular flexibility index (Phi) is 3.74. The molecule has 20 heavy (non-hydrogen) atoms. The lowest BCUT2D eigenvalue weighted by molar-refractivity contribution is -0.384. The van der Waals surface area contributed by atoms with E-state index in [1.807, 2.05) is 0 Å². The molecule has 0 saturated heterocycles. The first kappa shape index (κ1) is 13.7. The van der Waals surface area contributed by atoms with Crippen LogP contribution in [0.2, 0.25) is 0 Å². The number of halogens is 2. The van der Waals surface area contributed by atoms with Crippen molar-refractivity contribution in [3.05, 3.63) is 52.1 Å². The van der Waals surface area contributed by atoms with Gasteiger partial charge in [0.05, 0.1) is 4.92 Å². The van der Waals surface area contributed by atoms with E-state index in [-0.39, 0.29) is 17.2 Å². The molecular formula is C12H10F2N4O2. The van der Waals surface area contributed by atoms with E-state index in [0.717, 1.165) is 12.1 Å². The Morgan fingerprint density at radius 1 is 1.20 bits per heavy atom. The maximum absolute atomic E-state index is 13.1. The zero-order valence-electron chi connectivity index (χ0n) is 10.4. The van der Waals surface area contributed by atoms with Crippen molar-refractivity contribution in [3.63, 3.8) is 0 Å². The smallest absolute Gasteiger partial charge is 0.311 e. The van der Waals surface area contributed by atoms with Gasteiger partial charge in [0.1, 0.15) is 5.82 Å². The maximum Gasteiger partial charge on any atom is 0.311 e. The zero-order chi connectivity index (χ0) is 14.7. The molecule has 0 aliphatic rings. The minimum absolute atomic E-state index is 0.0622. The summed E-state index contributed by atoms with van der Waals surface area (Å²) in [4.78, 5) is 14.3. The van der Waals surface area contributed by atoms with Crippen molar-refractivity contribution in [1.29, 1.82) is 0 Å². The third kappa shape index (κ3) is 2.79. The summed E-state index contributed by atoms with van der Waals surface area (Å²) in [5, 5.41) is 16.2. The highest BCUT2D eigenvalue weighted by molar-refractivity contribution is 5.67. The monoisotopic (exact) mass is 280 g/mol. The van der Waals surface area contributed by atoms with Crippen LogP contribution in [0.1, 0.15) is 0 Å². The number of aromatic nitrogens is 1. The maximum atomic E-state index is 13.1. The number of anilines is 3. The first-order chi connectivity index (χ1) is 9.51. The lowest BCUT2D eigenvalue weighted by Crippen LogP contribution is -2.02. The Morgan fingerprint density at radius 3 is 2.55 bits per heavy atom. The average molecular weight is 280 g/mol. The van der Waals surface area contributed by atoms with Gasteiger partial charge in [-0.2, -0.15) is 0 Å². The van der Waals surface area contributed by atoms with Crippen molar-refractivity contribution in [1.82, 2.24) is 4.98 Å². The van der Waals surface area contributed by atoms with Crippen LogP contribution in [0.3, 0.4) is 0 Å². The van der Waals surface area contributed by atoms with Gasteiger partial charge >= 0.3 is 5.69 Å². The van der Waals surface area contributed by atoms with E-state index in [2.05, 4.69) is 15.6 Å². The van der Waals surface area contributed by atoms with Crippen LogP contribution in [0.25, 0.3) is 0 Å². The minimum Gasteiger partial charge on any atom is -0.373 e. The number of hydrogen-bond donors (Lipinski definition) is 2. The van der Waals surface area contributed by atoms with Crippen LogP contribution < -0.4 is 10.6 Å². The predicted molar refractivity (Wildman–Crippen MR) is 70.1 cm³/mol. The molecule has 1 aromatic heterocycles. The SMILES string of the molecule is CNc1ccc([N+](=O)[O-])c(Nc2ccc(F)c(F)c2)n1. The van der Waals surface area contributed by atoms with Gasteiger partial charge in [-0.15, -0.1) is 0 Å². The molecule has 0 spiro atoms. The summed E-state index contributed by atoms with van der Waals surface area (Å²) in [6, 6.07) is 5.78. The molecule has 0 amide bonds. The van der Waals surface area contributed by atoms with Gasteiger partial charge in [0.2, 0.25) is 5.82 Å². The zero-order valence-corrected chi connectivity index (χ0v) is 10.4. The van der Waals surface area contributed by atoms with Crippen LogP contribution in [0.4, 0.5) is 31.8 Å². The van der Waals surface area contributed by atoms with Crippen LogP contribution in [0.15, 0.2) is 30.3 Å². The Hall–Kier alpha value is -2.77. The topological polar surface area (TPSA) is 80.1 Å². The Bertz CT molecular complexity index is 664. The molecule has 2 aromatic rings. The highest BCUT2D eigenvalue weighted by Gasteiger charge is 2.16. The largest absolute Gasteiger partial charge is 0.373 e. The average Bonchev–Trinajstić information content (AvgIpc) is 2.42. The van der Waals surface area contributed by atoms with Gasteiger partial charge < -0.3 is 10.6 Å². The summed E-state index contributed by atoms with van der Waals surface area (Å²) >= 11 is 0. The van der Waals surface area contributed by atoms with Crippen LogP contribution in [-0.2, 0) is 0 Å². The third-order valence-electron chi connectivity index (χ3n) is 2.51. The highest BCUT2D eigenvalue weighted by atomic mass is 19.2. The molecule has 104 valence electrons. The van der Waals surface area contributed by atoms with Crippen molar-refractivity contribution in [2.45, 2.75) is 0 Å². The second-order valence-electron chi connectivity index (χ2n) is 3.83. The van der Waals surface area contributed by atoms with Crippen LogP contribution in [0, 0.1) is 21.7 Å². The Balaban J connectivity index is 2.40. The van der Waals surface area contributed by atoms with Gasteiger partial charge in [0.15, 0.2) is 11.6 Å². The molecule has 0 saturated carbocycles. The minimum atomic E-state index is -1.05. The highest BCUT2D eigenvalue weighted by Crippen LogP contribution is 2.27. The molecule has 1 heterocycles. The first-order valence-corrected chi connectivity index (χ1v) is 5.56. The molecule has 0 aliphatic heterocycles. The van der Waals surface area contributed by atoms with Crippen LogP contribution in [0.5, 0.6) is 0 Å². The van der Waals surface area contributed by atoms with Crippen LogP contribution >= 0.6 is 0 Å². The van der Waals surface area contributed by atoms with Crippen molar-refractivity contribution < 1.29 is 13.7 Å². The van der Waals surface area contributed by atoms with E-state index < -0.39 is 16.6 Å². The number of rotatable bonds is 4. The quantitative estimate of drug-likeness (QED) is 0.664. The molecule has 0 fully saturated rings. The van der Waals surface area contributed by atoms with Crippen molar-refractivity contribution in [3.8, 4) is 0 Å². The second-order valence-corrected chi connectivity index (χ2v) is 3.83. The molecule has 1 aromatic carbocycles. The molecule has 8 heteroatoms. The van der Waals surface area contributed by atoms with E-state index in [1.54, 1.807) is 7.05 Å². The summed E-state index contributed by atoms with van der Waals surface area (Å²) < 4.78 is 25.9. The molecule has 0 atom stereocenters. The summed E-state index contributed by atoms with van der Waals surface area (Å²) in [6.07, 6.45) is 0. The van der Waals surface area contributed by atoms with E-state index in [1.165, 1.54) is 18.2 Å². The standard InChI is InChI=1S/C12H10F2N4O2/c1-15-11-5-4-10(18(19)20)12(17-11)16-7-2-3-8(13)9(14)6-7/h2-6H,1H3,(H2,15,16,17). The fourth-order valence-corrected chi connectivity index (χ4v) is 1.54. The normalized spacial score (nSPS) is 10.2. The molecule has 0 aliphatic carbocycles. The van der Waals surface area contributed by atoms with E-state index in [9.17, 15) is 18.9 Å². The van der Waals surface area contributed by atoms with E-state index >= 15 is 0 Å². The summed E-state index contributed by atoms with van der Waals surface area (Å²) in [5.41, 5.74) is -0.110. The lowest BCUT2D eigenvalue weighted by Gasteiger charge is -2.08. The van der Waals surface area contributed by atoms with Crippen molar-refractivity contribution >= 4 is 23.0 Å². The van der Waals surface area contributed by atoms with E-state index in [0.29, 0.717) is 5.82 Å². The predicted octanol–water partition coefficient (Wildman–Crippen LogP) is 3.05. The third-order valence-corrected chi connectivity index (χ3v) is 2.51. The van der Waals surface area contributed by atoms with Gasteiger partial charge in [-0.25, -0.2) is 13.8 Å². The lowest BCUT2D eigenvalue weighted by atomic mass is 10.3. The molecule has 2 rings (SSSR count). The van der Waals surface area contributed by atoms with Gasteiger partial charge in [-0.1, -0.05) is 0 Å². The summed E-state index contributed by atoms with van der Waals surface area (Å²) in [5.74, 6) is -1.71. The van der Waals surface area contributed by atoms with Gasteiger partial charge in [0, 0.05) is 24.9 Å². The Morgan fingerprint density at radius 2 is 1.95 bits per heavy atom. The number of nitro groups is 1. The number of pyridine rings is 1. The molecular weight excluding hydrogens is 270 g/mol. The van der Waals surface area contributed by atoms with Gasteiger partial charge in [-0.05, 0) is 18.2 Å². The molecule has 2 N–H and O–H groups in total. The van der Waals surface area contributed by atoms with Crippen molar-refractivity contribution in [2.75, 3.05) is 17.7 Å². The van der Waals surface area contributed by atoms with Gasteiger partial charge in [-0.3, -0.25) is 10.1 Å². The van der Waals surface area contributed by atoms with Crippen molar-refractivity contribution in [2.24, 2.45) is 0 Å². The number of benzene rings is 1. The van der Waals surface area contributed by atoms with Gasteiger partial charge in [0.25, 0.3) is 0 Å². The van der Waals surface area contributed by atoms with E-state index in [4.69, 9.17) is 0 Å². The second kappa shape index (κ2) is 5.47. The first-order valence-electron chi connectivity index (χ1n) is 5.56. The molecule has 0 bridgehead atoms.